The number of nitrogens with zero attached hydrogens (tertiary/aromatic N) is 1. The minimum absolute atomic E-state index is 0.314. The van der Waals surface area contributed by atoms with Gasteiger partial charge >= 0.3 is 6.03 Å². The Kier molecular flexibility index (Phi) is 5.92. The first-order valence-corrected chi connectivity index (χ1v) is 6.47. The van der Waals surface area contributed by atoms with E-state index in [0.29, 0.717) is 23.7 Å². The first-order chi connectivity index (χ1) is 8.90. The van der Waals surface area contributed by atoms with E-state index >= 15 is 0 Å². The van der Waals surface area contributed by atoms with E-state index in [-0.39, 0.29) is 6.03 Å². The number of benzene rings is 1. The van der Waals surface area contributed by atoms with Gasteiger partial charge in [0.1, 0.15) is 0 Å². The van der Waals surface area contributed by atoms with E-state index in [4.69, 9.17) is 16.7 Å². The van der Waals surface area contributed by atoms with Gasteiger partial charge in [0, 0.05) is 25.7 Å². The first kappa shape index (κ1) is 15.6. The van der Waals surface area contributed by atoms with Gasteiger partial charge < -0.3 is 20.6 Å². The lowest BCUT2D eigenvalue weighted by molar-refractivity contribution is 0.184. The molecule has 0 aliphatic rings. The summed E-state index contributed by atoms with van der Waals surface area (Å²) in [5.41, 5.74) is 1.52. The molecule has 0 aliphatic heterocycles. The minimum Gasteiger partial charge on any atom is -0.393 e. The van der Waals surface area contributed by atoms with Crippen LogP contribution in [-0.2, 0) is 0 Å². The normalized spacial score (nSPS) is 11.8. The molecule has 2 amide bonds. The molecular formula is C13H20ClN3O2. The fourth-order valence-corrected chi connectivity index (χ4v) is 1.73. The summed E-state index contributed by atoms with van der Waals surface area (Å²) in [6, 6.07) is 5.00. The van der Waals surface area contributed by atoms with Crippen LogP contribution in [0, 0.1) is 0 Å². The molecule has 1 aromatic rings. The van der Waals surface area contributed by atoms with Crippen molar-refractivity contribution in [3.8, 4) is 0 Å². The minimum atomic E-state index is -0.427. The topological polar surface area (TPSA) is 64.6 Å². The van der Waals surface area contributed by atoms with Crippen molar-refractivity contribution in [3.05, 3.63) is 23.2 Å². The number of aliphatic hydroxyl groups excluding tert-OH is 1. The lowest BCUT2D eigenvalue weighted by Crippen LogP contribution is -2.31. The van der Waals surface area contributed by atoms with Gasteiger partial charge in [0.2, 0.25) is 0 Å². The summed E-state index contributed by atoms with van der Waals surface area (Å²) in [5.74, 6) is 0. The molecule has 0 aromatic heterocycles. The van der Waals surface area contributed by atoms with Crippen molar-refractivity contribution in [1.29, 1.82) is 0 Å². The number of rotatable bonds is 5. The van der Waals surface area contributed by atoms with Gasteiger partial charge in [-0.05, 0) is 31.5 Å². The first-order valence-electron chi connectivity index (χ1n) is 6.10. The molecule has 3 N–H and O–H groups in total. The van der Waals surface area contributed by atoms with Crippen LogP contribution in [-0.4, -0.2) is 37.9 Å². The third-order valence-electron chi connectivity index (χ3n) is 2.54. The van der Waals surface area contributed by atoms with E-state index in [2.05, 4.69) is 10.6 Å². The predicted molar refractivity (Wildman–Crippen MR) is 79.1 cm³/mol. The van der Waals surface area contributed by atoms with Crippen LogP contribution >= 0.6 is 11.6 Å². The van der Waals surface area contributed by atoms with Gasteiger partial charge in [-0.1, -0.05) is 11.6 Å². The molecule has 0 radical (unpaired) electrons. The molecule has 19 heavy (non-hydrogen) atoms. The molecule has 0 aliphatic carbocycles. The zero-order valence-electron chi connectivity index (χ0n) is 11.4. The quantitative estimate of drug-likeness (QED) is 0.778. The number of nitrogens with one attached hydrogen (secondary N) is 2. The highest BCUT2D eigenvalue weighted by Gasteiger charge is 2.09. The molecule has 1 rings (SSSR count). The molecule has 0 spiro atoms. The van der Waals surface area contributed by atoms with Crippen molar-refractivity contribution < 1.29 is 9.90 Å². The zero-order chi connectivity index (χ0) is 14.4. The summed E-state index contributed by atoms with van der Waals surface area (Å²) < 4.78 is 0. The zero-order valence-corrected chi connectivity index (χ0v) is 12.2. The molecule has 0 heterocycles. The van der Waals surface area contributed by atoms with Crippen LogP contribution in [0.4, 0.5) is 16.2 Å². The number of urea groups is 1. The Bertz CT molecular complexity index is 436. The molecular weight excluding hydrogens is 266 g/mol. The molecule has 0 bridgehead atoms. The molecule has 1 unspecified atom stereocenters. The van der Waals surface area contributed by atoms with Crippen molar-refractivity contribution in [2.45, 2.75) is 19.4 Å². The molecule has 5 nitrogen and oxygen atoms in total. The highest BCUT2D eigenvalue weighted by atomic mass is 35.5. The maximum Gasteiger partial charge on any atom is 0.319 e. The van der Waals surface area contributed by atoms with Gasteiger partial charge in [0.05, 0.1) is 17.5 Å². The number of aliphatic hydroxyl groups is 1. The summed E-state index contributed by atoms with van der Waals surface area (Å²) in [4.78, 5) is 13.6. The Balaban J connectivity index is 2.65. The van der Waals surface area contributed by atoms with Crippen molar-refractivity contribution in [2.24, 2.45) is 0 Å². The molecule has 1 atom stereocenters. The summed E-state index contributed by atoms with van der Waals surface area (Å²) in [6.45, 7) is 2.10. The number of hydrogen-bond donors (Lipinski definition) is 3. The molecule has 106 valence electrons. The van der Waals surface area contributed by atoms with Crippen molar-refractivity contribution in [1.82, 2.24) is 5.32 Å². The van der Waals surface area contributed by atoms with Crippen molar-refractivity contribution >= 4 is 29.0 Å². The predicted octanol–water partition coefficient (Wildman–Crippen LogP) is 2.30. The Morgan fingerprint density at radius 3 is 2.74 bits per heavy atom. The van der Waals surface area contributed by atoms with Crippen LogP contribution in [0.3, 0.4) is 0 Å². The van der Waals surface area contributed by atoms with Crippen LogP contribution < -0.4 is 15.5 Å². The lowest BCUT2D eigenvalue weighted by Gasteiger charge is -2.18. The van der Waals surface area contributed by atoms with E-state index in [0.717, 1.165) is 5.69 Å². The van der Waals surface area contributed by atoms with E-state index in [9.17, 15) is 4.79 Å². The lowest BCUT2D eigenvalue weighted by atomic mass is 10.2. The summed E-state index contributed by atoms with van der Waals surface area (Å²) >= 11 is 5.93. The summed E-state index contributed by atoms with van der Waals surface area (Å²) in [7, 11) is 3.78. The van der Waals surface area contributed by atoms with Crippen molar-refractivity contribution in [2.75, 3.05) is 30.9 Å². The standard InChI is InChI=1S/C13H20ClN3O2/c1-9(18)6-7-15-13(19)16-11-8-10(14)4-5-12(11)17(2)3/h4-5,8-9,18H,6-7H2,1-3H3,(H2,15,16,19). The van der Waals surface area contributed by atoms with Gasteiger partial charge in [0.15, 0.2) is 0 Å². The second-order valence-corrected chi connectivity index (χ2v) is 5.01. The number of hydrogen-bond acceptors (Lipinski definition) is 3. The van der Waals surface area contributed by atoms with Gasteiger partial charge in [-0.3, -0.25) is 0 Å². The second kappa shape index (κ2) is 7.21. The number of anilines is 2. The Morgan fingerprint density at radius 2 is 2.16 bits per heavy atom. The second-order valence-electron chi connectivity index (χ2n) is 4.57. The highest BCUT2D eigenvalue weighted by Crippen LogP contribution is 2.27. The van der Waals surface area contributed by atoms with Gasteiger partial charge in [-0.2, -0.15) is 0 Å². The van der Waals surface area contributed by atoms with Gasteiger partial charge in [-0.15, -0.1) is 0 Å². The Morgan fingerprint density at radius 1 is 1.47 bits per heavy atom. The fourth-order valence-electron chi connectivity index (χ4n) is 1.56. The van der Waals surface area contributed by atoms with Crippen LogP contribution in [0.25, 0.3) is 0 Å². The van der Waals surface area contributed by atoms with Crippen LogP contribution in [0.1, 0.15) is 13.3 Å². The third kappa shape index (κ3) is 5.36. The fraction of sp³-hybridized carbons (Fsp3) is 0.462. The SMILES string of the molecule is CC(O)CCNC(=O)Nc1cc(Cl)ccc1N(C)C. The maximum absolute atomic E-state index is 11.7. The number of halogens is 1. The number of amides is 2. The molecule has 0 saturated carbocycles. The molecule has 6 heteroatoms. The smallest absolute Gasteiger partial charge is 0.319 e. The summed E-state index contributed by atoms with van der Waals surface area (Å²) in [5, 5.41) is 15.1. The number of carbonyl (C=O) groups excluding carboxylic acids is 1. The number of carbonyl (C=O) groups is 1. The average molecular weight is 286 g/mol. The molecule has 0 saturated heterocycles. The highest BCUT2D eigenvalue weighted by molar-refractivity contribution is 6.31. The third-order valence-corrected chi connectivity index (χ3v) is 2.77. The van der Waals surface area contributed by atoms with Crippen LogP contribution in [0.5, 0.6) is 0 Å². The molecule has 0 fully saturated rings. The Labute approximate surface area is 118 Å². The van der Waals surface area contributed by atoms with E-state index in [1.54, 1.807) is 19.1 Å². The van der Waals surface area contributed by atoms with E-state index in [1.807, 2.05) is 25.1 Å². The van der Waals surface area contributed by atoms with Crippen LogP contribution in [0.15, 0.2) is 18.2 Å². The van der Waals surface area contributed by atoms with Crippen molar-refractivity contribution in [3.63, 3.8) is 0 Å². The summed E-state index contributed by atoms with van der Waals surface area (Å²) in [6.07, 6.45) is 0.0903. The van der Waals surface area contributed by atoms with Gasteiger partial charge in [0.25, 0.3) is 0 Å². The van der Waals surface area contributed by atoms with Crippen LogP contribution in [0.2, 0.25) is 5.02 Å². The monoisotopic (exact) mass is 285 g/mol. The maximum atomic E-state index is 11.7. The van der Waals surface area contributed by atoms with Gasteiger partial charge in [-0.25, -0.2) is 4.79 Å². The molecule has 1 aromatic carbocycles. The van der Waals surface area contributed by atoms with E-state index in [1.165, 1.54) is 0 Å². The largest absolute Gasteiger partial charge is 0.393 e. The van der Waals surface area contributed by atoms with E-state index < -0.39 is 6.10 Å². The Hall–Kier alpha value is -1.46. The average Bonchev–Trinajstić information content (AvgIpc) is 2.27.